The molecule has 1 aliphatic rings. The fourth-order valence-corrected chi connectivity index (χ4v) is 3.76. The van der Waals surface area contributed by atoms with Gasteiger partial charge in [-0.25, -0.2) is 0 Å². The summed E-state index contributed by atoms with van der Waals surface area (Å²) in [7, 11) is 1.65. The Bertz CT molecular complexity index is 984. The molecule has 1 heterocycles. The van der Waals surface area contributed by atoms with Crippen LogP contribution in [0.2, 0.25) is 0 Å². The van der Waals surface area contributed by atoms with Crippen LogP contribution in [0, 0.1) is 10.5 Å². The molecule has 1 unspecified atom stereocenters. The van der Waals surface area contributed by atoms with Gasteiger partial charge in [0.2, 0.25) is 0 Å². The number of benzene rings is 3. The van der Waals surface area contributed by atoms with E-state index in [0.29, 0.717) is 5.56 Å². The maximum absolute atomic E-state index is 13.4. The molecule has 0 radical (unpaired) electrons. The number of amides is 1. The first-order valence-electron chi connectivity index (χ1n) is 8.67. The topological polar surface area (TPSA) is 41.6 Å². The van der Waals surface area contributed by atoms with Crippen molar-refractivity contribution < 1.29 is 9.53 Å². The van der Waals surface area contributed by atoms with E-state index < -0.39 is 0 Å². The Kier molecular flexibility index (Phi) is 4.78. The number of ether oxygens (including phenoxy) is 1. The summed E-state index contributed by atoms with van der Waals surface area (Å²) in [6.45, 7) is 2.04. The molecule has 0 fully saturated rings. The van der Waals surface area contributed by atoms with E-state index in [-0.39, 0.29) is 12.1 Å². The SMILES string of the molecule is COc1ccc(C2Nc3ccc(I)cc3C(=O)N2c2ccc(C)cc2)cc1. The highest BCUT2D eigenvalue weighted by atomic mass is 127. The van der Waals surface area contributed by atoms with Crippen LogP contribution in [0.1, 0.15) is 27.7 Å². The summed E-state index contributed by atoms with van der Waals surface area (Å²) in [4.78, 5) is 15.2. The lowest BCUT2D eigenvalue weighted by molar-refractivity contribution is 0.0975. The number of hydrogen-bond acceptors (Lipinski definition) is 3. The monoisotopic (exact) mass is 470 g/mol. The summed E-state index contributed by atoms with van der Waals surface area (Å²) in [6, 6.07) is 21.7. The molecule has 0 spiro atoms. The zero-order valence-electron chi connectivity index (χ0n) is 15.1. The van der Waals surface area contributed by atoms with E-state index in [2.05, 4.69) is 27.9 Å². The standard InChI is InChI=1S/C22H19IN2O2/c1-14-3-8-17(9-4-14)25-21(15-5-10-18(27-2)11-6-15)24-20-12-7-16(23)13-19(20)22(25)26/h3-13,21,24H,1-2H3. The van der Waals surface area contributed by atoms with E-state index in [4.69, 9.17) is 4.74 Å². The average Bonchev–Trinajstić information content (AvgIpc) is 2.69. The summed E-state index contributed by atoms with van der Waals surface area (Å²) in [5, 5.41) is 3.53. The number of hydrogen-bond donors (Lipinski definition) is 1. The number of fused-ring (bicyclic) bond motifs is 1. The highest BCUT2D eigenvalue weighted by molar-refractivity contribution is 14.1. The van der Waals surface area contributed by atoms with Crippen molar-refractivity contribution in [2.75, 3.05) is 17.3 Å². The Labute approximate surface area is 172 Å². The Morgan fingerprint density at radius 3 is 2.37 bits per heavy atom. The van der Waals surface area contributed by atoms with Crippen molar-refractivity contribution in [1.29, 1.82) is 0 Å². The molecular weight excluding hydrogens is 451 g/mol. The average molecular weight is 470 g/mol. The van der Waals surface area contributed by atoms with Gasteiger partial charge in [0.25, 0.3) is 5.91 Å². The van der Waals surface area contributed by atoms with Crippen molar-refractivity contribution in [3.05, 3.63) is 87.0 Å². The van der Waals surface area contributed by atoms with Crippen molar-refractivity contribution in [1.82, 2.24) is 0 Å². The van der Waals surface area contributed by atoms with Gasteiger partial charge in [0, 0.05) is 14.9 Å². The van der Waals surface area contributed by atoms with Crippen LogP contribution in [0.15, 0.2) is 66.7 Å². The lowest BCUT2D eigenvalue weighted by atomic mass is 10.0. The van der Waals surface area contributed by atoms with Gasteiger partial charge in [-0.05, 0) is 77.5 Å². The third-order valence-electron chi connectivity index (χ3n) is 4.72. The lowest BCUT2D eigenvalue weighted by Gasteiger charge is -2.38. The zero-order valence-corrected chi connectivity index (χ0v) is 17.2. The molecule has 27 heavy (non-hydrogen) atoms. The first kappa shape index (κ1) is 17.9. The fourth-order valence-electron chi connectivity index (χ4n) is 3.27. The molecule has 136 valence electrons. The number of nitrogens with one attached hydrogen (secondary N) is 1. The minimum atomic E-state index is -0.293. The summed E-state index contributed by atoms with van der Waals surface area (Å²) in [6.07, 6.45) is -0.293. The van der Waals surface area contributed by atoms with E-state index in [1.54, 1.807) is 7.11 Å². The second kappa shape index (κ2) is 7.23. The molecule has 0 aromatic heterocycles. The van der Waals surface area contributed by atoms with Crippen LogP contribution in [0.5, 0.6) is 5.75 Å². The van der Waals surface area contributed by atoms with Crippen LogP contribution in [0.4, 0.5) is 11.4 Å². The molecule has 0 bridgehead atoms. The van der Waals surface area contributed by atoms with Crippen LogP contribution in [0.3, 0.4) is 0 Å². The molecule has 0 aliphatic carbocycles. The molecule has 1 N–H and O–H groups in total. The molecule has 3 aromatic rings. The molecule has 3 aromatic carbocycles. The van der Waals surface area contributed by atoms with Crippen molar-refractivity contribution >= 4 is 39.9 Å². The Morgan fingerprint density at radius 2 is 1.70 bits per heavy atom. The van der Waals surface area contributed by atoms with Gasteiger partial charge in [0.15, 0.2) is 0 Å². The highest BCUT2D eigenvalue weighted by Gasteiger charge is 2.34. The minimum Gasteiger partial charge on any atom is -0.497 e. The predicted octanol–water partition coefficient (Wildman–Crippen LogP) is 5.38. The van der Waals surface area contributed by atoms with Gasteiger partial charge in [0.1, 0.15) is 11.9 Å². The van der Waals surface area contributed by atoms with Crippen molar-refractivity contribution in [2.24, 2.45) is 0 Å². The summed E-state index contributed by atoms with van der Waals surface area (Å²) >= 11 is 2.23. The molecule has 1 amide bonds. The fraction of sp³-hybridized carbons (Fsp3) is 0.136. The van der Waals surface area contributed by atoms with Gasteiger partial charge in [-0.2, -0.15) is 0 Å². The summed E-state index contributed by atoms with van der Waals surface area (Å²) in [5.74, 6) is 0.782. The highest BCUT2D eigenvalue weighted by Crippen LogP contribution is 2.37. The molecular formula is C22H19IN2O2. The van der Waals surface area contributed by atoms with Gasteiger partial charge >= 0.3 is 0 Å². The zero-order chi connectivity index (χ0) is 19.0. The van der Waals surface area contributed by atoms with Crippen LogP contribution < -0.4 is 15.0 Å². The number of nitrogens with zero attached hydrogens (tertiary/aromatic N) is 1. The third kappa shape index (κ3) is 3.39. The maximum atomic E-state index is 13.4. The number of methoxy groups -OCH3 is 1. The van der Waals surface area contributed by atoms with Crippen LogP contribution >= 0.6 is 22.6 Å². The van der Waals surface area contributed by atoms with Gasteiger partial charge < -0.3 is 10.1 Å². The van der Waals surface area contributed by atoms with Crippen LogP contribution in [-0.4, -0.2) is 13.0 Å². The van der Waals surface area contributed by atoms with E-state index >= 15 is 0 Å². The summed E-state index contributed by atoms with van der Waals surface area (Å²) in [5.41, 5.74) is 4.56. The second-order valence-electron chi connectivity index (χ2n) is 6.52. The molecule has 4 nitrogen and oxygen atoms in total. The smallest absolute Gasteiger partial charge is 0.262 e. The van der Waals surface area contributed by atoms with Crippen LogP contribution in [0.25, 0.3) is 0 Å². The largest absolute Gasteiger partial charge is 0.497 e. The van der Waals surface area contributed by atoms with Crippen LogP contribution in [-0.2, 0) is 0 Å². The number of aryl methyl sites for hydroxylation is 1. The van der Waals surface area contributed by atoms with Crippen molar-refractivity contribution in [3.8, 4) is 5.75 Å². The van der Waals surface area contributed by atoms with Crippen molar-refractivity contribution in [2.45, 2.75) is 13.1 Å². The van der Waals surface area contributed by atoms with Gasteiger partial charge in [-0.15, -0.1) is 0 Å². The van der Waals surface area contributed by atoms with E-state index in [1.807, 2.05) is 78.6 Å². The minimum absolute atomic E-state index is 0.00747. The number of carbonyl (C=O) groups is 1. The van der Waals surface area contributed by atoms with E-state index in [1.165, 1.54) is 0 Å². The number of halogens is 1. The molecule has 1 aliphatic heterocycles. The molecule has 0 saturated carbocycles. The third-order valence-corrected chi connectivity index (χ3v) is 5.40. The lowest BCUT2D eigenvalue weighted by Crippen LogP contribution is -2.43. The van der Waals surface area contributed by atoms with Gasteiger partial charge in [-0.1, -0.05) is 29.8 Å². The first-order chi connectivity index (χ1) is 13.1. The second-order valence-corrected chi connectivity index (χ2v) is 7.77. The number of rotatable bonds is 3. The molecule has 4 rings (SSSR count). The Morgan fingerprint density at radius 1 is 1.00 bits per heavy atom. The van der Waals surface area contributed by atoms with Gasteiger partial charge in [-0.3, -0.25) is 9.69 Å². The first-order valence-corrected chi connectivity index (χ1v) is 9.75. The normalized spacial score (nSPS) is 15.9. The van der Waals surface area contributed by atoms with Gasteiger partial charge in [0.05, 0.1) is 12.7 Å². The Balaban J connectivity index is 1.83. The van der Waals surface area contributed by atoms with E-state index in [9.17, 15) is 4.79 Å². The molecule has 5 heteroatoms. The van der Waals surface area contributed by atoms with E-state index in [0.717, 1.165) is 31.8 Å². The quantitative estimate of drug-likeness (QED) is 0.523. The Hall–Kier alpha value is -2.54. The molecule has 0 saturated heterocycles. The summed E-state index contributed by atoms with van der Waals surface area (Å²) < 4.78 is 6.31. The predicted molar refractivity (Wildman–Crippen MR) is 117 cm³/mol. The van der Waals surface area contributed by atoms with Crippen molar-refractivity contribution in [3.63, 3.8) is 0 Å². The maximum Gasteiger partial charge on any atom is 0.262 e. The number of anilines is 2. The number of carbonyl (C=O) groups excluding carboxylic acids is 1. The molecule has 1 atom stereocenters.